The van der Waals surface area contributed by atoms with Gasteiger partial charge >= 0.3 is 0 Å². The molecule has 7 aromatic carbocycles. The first-order valence-electron chi connectivity index (χ1n) is 14.5. The lowest BCUT2D eigenvalue weighted by Gasteiger charge is -2.34. The minimum atomic E-state index is -0.411. The topological polar surface area (TPSA) is 12.0 Å². The third-order valence-corrected chi connectivity index (χ3v) is 8.74. The molecule has 0 atom stereocenters. The van der Waals surface area contributed by atoms with E-state index in [2.05, 4.69) is 175 Å². The van der Waals surface area contributed by atoms with Crippen molar-refractivity contribution in [2.75, 3.05) is 5.32 Å². The molecule has 1 aliphatic rings. The van der Waals surface area contributed by atoms with Crippen LogP contribution in [0.2, 0.25) is 0 Å². The Kier molecular flexibility index (Phi) is 5.75. The maximum absolute atomic E-state index is 3.81. The highest BCUT2D eigenvalue weighted by molar-refractivity contribution is 6.03. The number of fused-ring (bicyclic) bond motifs is 4. The van der Waals surface area contributed by atoms with Crippen LogP contribution in [0.3, 0.4) is 0 Å². The summed E-state index contributed by atoms with van der Waals surface area (Å²) in [5, 5.41) is 6.25. The van der Waals surface area contributed by atoms with Gasteiger partial charge in [-0.15, -0.1) is 0 Å². The zero-order chi connectivity index (χ0) is 27.9. The second kappa shape index (κ2) is 9.90. The van der Waals surface area contributed by atoms with Crippen molar-refractivity contribution in [2.45, 2.75) is 5.41 Å². The fourth-order valence-corrected chi connectivity index (χ4v) is 6.99. The molecule has 42 heavy (non-hydrogen) atoms. The normalized spacial score (nSPS) is 13.0. The van der Waals surface area contributed by atoms with Gasteiger partial charge in [0.2, 0.25) is 0 Å². The van der Waals surface area contributed by atoms with E-state index in [4.69, 9.17) is 0 Å². The van der Waals surface area contributed by atoms with Gasteiger partial charge in [0.25, 0.3) is 0 Å². The molecule has 0 unspecified atom stereocenters. The monoisotopic (exact) mass is 535 g/mol. The molecule has 0 spiro atoms. The molecule has 0 heterocycles. The molecule has 1 N–H and O–H groups in total. The highest BCUT2D eigenvalue weighted by Gasteiger charge is 2.45. The Bertz CT molecular complexity index is 2010. The van der Waals surface area contributed by atoms with E-state index in [1.54, 1.807) is 0 Å². The van der Waals surface area contributed by atoms with Crippen molar-refractivity contribution in [3.63, 3.8) is 0 Å². The van der Waals surface area contributed by atoms with Gasteiger partial charge in [-0.05, 0) is 68.1 Å². The number of nitrogens with one attached hydrogen (secondary N) is 1. The van der Waals surface area contributed by atoms with Crippen LogP contribution in [-0.4, -0.2) is 0 Å². The summed E-state index contributed by atoms with van der Waals surface area (Å²) >= 11 is 0. The Balaban J connectivity index is 1.30. The Morgan fingerprint density at radius 1 is 0.381 bits per heavy atom. The minimum Gasteiger partial charge on any atom is -0.355 e. The standard InChI is InChI=1S/C41H29N/c1-3-14-29(15-4-1)33-22-12-24-37-34(33)23-13-27-40(37)42-32-19-11-18-31(28-32)41(30-16-5-2-6-17-30)38-25-9-7-20-35(38)36-21-8-10-26-39(36)41/h1-28,42H. The van der Waals surface area contributed by atoms with E-state index in [-0.39, 0.29) is 0 Å². The van der Waals surface area contributed by atoms with Crippen LogP contribution < -0.4 is 5.32 Å². The van der Waals surface area contributed by atoms with Crippen LogP contribution in [0.4, 0.5) is 11.4 Å². The number of anilines is 2. The van der Waals surface area contributed by atoms with Gasteiger partial charge in [-0.1, -0.05) is 152 Å². The Hall–Kier alpha value is -5.40. The van der Waals surface area contributed by atoms with Gasteiger partial charge < -0.3 is 5.32 Å². The molecule has 0 fully saturated rings. The highest BCUT2D eigenvalue weighted by atomic mass is 14.9. The van der Waals surface area contributed by atoms with Crippen LogP contribution in [0.15, 0.2) is 170 Å². The molecule has 198 valence electrons. The van der Waals surface area contributed by atoms with Crippen LogP contribution in [-0.2, 0) is 5.41 Å². The van der Waals surface area contributed by atoms with E-state index in [9.17, 15) is 0 Å². The Morgan fingerprint density at radius 3 is 1.67 bits per heavy atom. The maximum Gasteiger partial charge on any atom is 0.0714 e. The van der Waals surface area contributed by atoms with Crippen molar-refractivity contribution < 1.29 is 0 Å². The lowest BCUT2D eigenvalue weighted by Crippen LogP contribution is -2.28. The molecule has 0 aliphatic heterocycles. The SMILES string of the molecule is c1ccc(-c2cccc3c(Nc4cccc(C5(c6ccccc6)c6ccccc6-c6ccccc65)c4)cccc23)cc1. The quantitative estimate of drug-likeness (QED) is 0.231. The second-order valence-electron chi connectivity index (χ2n) is 11.0. The molecule has 0 amide bonds. The van der Waals surface area contributed by atoms with E-state index in [1.807, 2.05) is 0 Å². The molecule has 8 rings (SSSR count). The largest absolute Gasteiger partial charge is 0.355 e. The summed E-state index contributed by atoms with van der Waals surface area (Å²) in [4.78, 5) is 0. The van der Waals surface area contributed by atoms with Crippen LogP contribution in [0.25, 0.3) is 33.0 Å². The van der Waals surface area contributed by atoms with Crippen LogP contribution in [0.1, 0.15) is 22.3 Å². The van der Waals surface area contributed by atoms with Gasteiger partial charge in [-0.25, -0.2) is 0 Å². The zero-order valence-electron chi connectivity index (χ0n) is 23.2. The van der Waals surface area contributed by atoms with Crippen molar-refractivity contribution >= 4 is 22.1 Å². The van der Waals surface area contributed by atoms with Crippen molar-refractivity contribution in [3.05, 3.63) is 192 Å². The van der Waals surface area contributed by atoms with Gasteiger partial charge in [-0.3, -0.25) is 0 Å². The Labute approximate surface area is 246 Å². The van der Waals surface area contributed by atoms with Crippen LogP contribution in [0.5, 0.6) is 0 Å². The van der Waals surface area contributed by atoms with Crippen molar-refractivity contribution in [2.24, 2.45) is 0 Å². The second-order valence-corrected chi connectivity index (χ2v) is 11.0. The molecule has 0 saturated heterocycles. The molecule has 0 saturated carbocycles. The molecule has 0 radical (unpaired) electrons. The molecule has 1 heteroatoms. The molecule has 1 aliphatic carbocycles. The third-order valence-electron chi connectivity index (χ3n) is 8.74. The van der Waals surface area contributed by atoms with Crippen molar-refractivity contribution in [1.82, 2.24) is 0 Å². The van der Waals surface area contributed by atoms with Gasteiger partial charge in [-0.2, -0.15) is 0 Å². The molecule has 0 aromatic heterocycles. The molecule has 1 nitrogen and oxygen atoms in total. The highest BCUT2D eigenvalue weighted by Crippen LogP contribution is 2.56. The first-order chi connectivity index (χ1) is 20.8. The first-order valence-corrected chi connectivity index (χ1v) is 14.5. The van der Waals surface area contributed by atoms with E-state index in [0.717, 1.165) is 11.4 Å². The number of hydrogen-bond acceptors (Lipinski definition) is 1. The summed E-state index contributed by atoms with van der Waals surface area (Å²) < 4.78 is 0. The smallest absolute Gasteiger partial charge is 0.0714 e. The zero-order valence-corrected chi connectivity index (χ0v) is 23.2. The summed E-state index contributed by atoms with van der Waals surface area (Å²) in [5.74, 6) is 0. The third kappa shape index (κ3) is 3.71. The minimum absolute atomic E-state index is 0.411. The summed E-state index contributed by atoms with van der Waals surface area (Å²) in [6.07, 6.45) is 0. The van der Waals surface area contributed by atoms with E-state index in [1.165, 1.54) is 55.3 Å². The predicted molar refractivity (Wildman–Crippen MR) is 176 cm³/mol. The average Bonchev–Trinajstić information content (AvgIpc) is 3.37. The van der Waals surface area contributed by atoms with E-state index in [0.29, 0.717) is 0 Å². The van der Waals surface area contributed by atoms with E-state index < -0.39 is 5.41 Å². The fraction of sp³-hybridized carbons (Fsp3) is 0.0244. The van der Waals surface area contributed by atoms with E-state index >= 15 is 0 Å². The van der Waals surface area contributed by atoms with Crippen molar-refractivity contribution in [1.29, 1.82) is 0 Å². The predicted octanol–water partition coefficient (Wildman–Crippen LogP) is 10.6. The first kappa shape index (κ1) is 24.4. The molecule has 7 aromatic rings. The number of rotatable bonds is 5. The average molecular weight is 536 g/mol. The lowest BCUT2D eigenvalue weighted by atomic mass is 9.67. The molecular weight excluding hydrogens is 506 g/mol. The summed E-state index contributed by atoms with van der Waals surface area (Å²) in [6, 6.07) is 61.5. The van der Waals surface area contributed by atoms with Crippen LogP contribution >= 0.6 is 0 Å². The summed E-state index contributed by atoms with van der Waals surface area (Å²) in [6.45, 7) is 0. The Morgan fingerprint density at radius 2 is 0.929 bits per heavy atom. The molecule has 0 bridgehead atoms. The lowest BCUT2D eigenvalue weighted by molar-refractivity contribution is 0.769. The fourth-order valence-electron chi connectivity index (χ4n) is 6.99. The van der Waals surface area contributed by atoms with Gasteiger partial charge in [0.1, 0.15) is 0 Å². The van der Waals surface area contributed by atoms with Crippen molar-refractivity contribution in [3.8, 4) is 22.3 Å². The number of hydrogen-bond donors (Lipinski definition) is 1. The van der Waals surface area contributed by atoms with Gasteiger partial charge in [0.15, 0.2) is 0 Å². The van der Waals surface area contributed by atoms with Gasteiger partial charge in [0, 0.05) is 16.8 Å². The van der Waals surface area contributed by atoms with Crippen LogP contribution in [0, 0.1) is 0 Å². The number of benzene rings is 7. The summed E-state index contributed by atoms with van der Waals surface area (Å²) in [5.41, 5.74) is 12.0. The van der Waals surface area contributed by atoms with Gasteiger partial charge in [0.05, 0.1) is 5.41 Å². The maximum atomic E-state index is 3.81. The molecular formula is C41H29N. The summed E-state index contributed by atoms with van der Waals surface area (Å²) in [7, 11) is 0.